The molecule has 332 valence electrons. The highest BCUT2D eigenvalue weighted by molar-refractivity contribution is 5.71. The van der Waals surface area contributed by atoms with Gasteiger partial charge in [0.15, 0.2) is 6.10 Å². The van der Waals surface area contributed by atoms with Gasteiger partial charge in [0.05, 0.1) is 0 Å². The SMILES string of the molecule is CC/C=C\C/C=C\C/C=C\CCCCC(=O)OC(COC(=O)CCC/C=C\CCCCCC)COC(=O)CCCCCCCCCCCC/C=C\C=C/CCCCC. The Morgan fingerprint density at radius 3 is 1.31 bits per heavy atom. The minimum Gasteiger partial charge on any atom is -0.462 e. The van der Waals surface area contributed by atoms with Crippen LogP contribution in [0.1, 0.15) is 220 Å². The van der Waals surface area contributed by atoms with Gasteiger partial charge in [-0.3, -0.25) is 14.4 Å². The summed E-state index contributed by atoms with van der Waals surface area (Å²) in [5, 5.41) is 0. The Morgan fingerprint density at radius 1 is 0.379 bits per heavy atom. The Hall–Kier alpha value is -3.15. The van der Waals surface area contributed by atoms with Crippen LogP contribution in [0.15, 0.2) is 72.9 Å². The molecule has 0 heterocycles. The molecule has 0 amide bonds. The number of carbonyl (C=O) groups excluding carboxylic acids is 3. The first-order valence-electron chi connectivity index (χ1n) is 24.0. The van der Waals surface area contributed by atoms with Gasteiger partial charge in [0.2, 0.25) is 0 Å². The number of unbranched alkanes of at least 4 members (excludes halogenated alkanes) is 20. The summed E-state index contributed by atoms with van der Waals surface area (Å²) in [6, 6.07) is 0. The average molecular weight is 809 g/mol. The molecule has 1 atom stereocenters. The molecule has 0 N–H and O–H groups in total. The first kappa shape index (κ1) is 54.9. The fourth-order valence-corrected chi connectivity index (χ4v) is 6.33. The van der Waals surface area contributed by atoms with Gasteiger partial charge >= 0.3 is 17.9 Å². The predicted molar refractivity (Wildman–Crippen MR) is 247 cm³/mol. The molecule has 0 spiro atoms. The van der Waals surface area contributed by atoms with Gasteiger partial charge in [-0.2, -0.15) is 0 Å². The Labute approximate surface area is 357 Å². The predicted octanol–water partition coefficient (Wildman–Crippen LogP) is 15.5. The van der Waals surface area contributed by atoms with E-state index >= 15 is 0 Å². The van der Waals surface area contributed by atoms with Crippen LogP contribution in [0.3, 0.4) is 0 Å². The first-order chi connectivity index (χ1) is 28.5. The molecular formula is C52H88O6. The number of allylic oxidation sites excluding steroid dienone is 12. The number of ether oxygens (including phenoxy) is 3. The molecule has 0 fully saturated rings. The van der Waals surface area contributed by atoms with Crippen molar-refractivity contribution >= 4 is 17.9 Å². The molecule has 1 unspecified atom stereocenters. The molecule has 0 aromatic heterocycles. The molecule has 6 nitrogen and oxygen atoms in total. The molecule has 0 aromatic carbocycles. The van der Waals surface area contributed by atoms with Crippen molar-refractivity contribution in [1.29, 1.82) is 0 Å². The Balaban J connectivity index is 4.36. The highest BCUT2D eigenvalue weighted by Crippen LogP contribution is 2.14. The van der Waals surface area contributed by atoms with Crippen LogP contribution in [-0.2, 0) is 28.6 Å². The second-order valence-corrected chi connectivity index (χ2v) is 15.7. The van der Waals surface area contributed by atoms with Crippen molar-refractivity contribution in [3.05, 3.63) is 72.9 Å². The van der Waals surface area contributed by atoms with Gasteiger partial charge in [0.25, 0.3) is 0 Å². The number of hydrogen-bond donors (Lipinski definition) is 0. The van der Waals surface area contributed by atoms with E-state index in [0.717, 1.165) is 64.2 Å². The fourth-order valence-electron chi connectivity index (χ4n) is 6.33. The molecule has 0 aliphatic heterocycles. The quantitative estimate of drug-likeness (QED) is 0.0201. The summed E-state index contributed by atoms with van der Waals surface area (Å²) in [5.41, 5.74) is 0. The molecule has 0 aliphatic rings. The highest BCUT2D eigenvalue weighted by Gasteiger charge is 2.19. The van der Waals surface area contributed by atoms with Crippen molar-refractivity contribution in [2.75, 3.05) is 13.2 Å². The molecule has 0 aliphatic carbocycles. The van der Waals surface area contributed by atoms with E-state index < -0.39 is 6.10 Å². The molecular weight excluding hydrogens is 721 g/mol. The maximum Gasteiger partial charge on any atom is 0.306 e. The average Bonchev–Trinajstić information content (AvgIpc) is 3.22. The summed E-state index contributed by atoms with van der Waals surface area (Å²) in [5.74, 6) is -0.986. The lowest BCUT2D eigenvalue weighted by molar-refractivity contribution is -0.167. The lowest BCUT2D eigenvalue weighted by atomic mass is 10.1. The highest BCUT2D eigenvalue weighted by atomic mass is 16.6. The lowest BCUT2D eigenvalue weighted by Crippen LogP contribution is -2.30. The molecule has 0 saturated carbocycles. The molecule has 0 bridgehead atoms. The summed E-state index contributed by atoms with van der Waals surface area (Å²) in [7, 11) is 0. The van der Waals surface area contributed by atoms with Crippen LogP contribution in [0, 0.1) is 0 Å². The Morgan fingerprint density at radius 2 is 0.741 bits per heavy atom. The van der Waals surface area contributed by atoms with E-state index in [-0.39, 0.29) is 37.5 Å². The molecule has 58 heavy (non-hydrogen) atoms. The zero-order chi connectivity index (χ0) is 42.3. The van der Waals surface area contributed by atoms with Gasteiger partial charge in [-0.15, -0.1) is 0 Å². The third kappa shape index (κ3) is 44.0. The van der Waals surface area contributed by atoms with E-state index in [1.807, 2.05) is 0 Å². The van der Waals surface area contributed by atoms with E-state index in [1.54, 1.807) is 0 Å². The minimum atomic E-state index is -0.805. The zero-order valence-corrected chi connectivity index (χ0v) is 37.8. The van der Waals surface area contributed by atoms with Crippen molar-refractivity contribution in [3.63, 3.8) is 0 Å². The Kier molecular flexibility index (Phi) is 44.0. The van der Waals surface area contributed by atoms with Crippen molar-refractivity contribution in [1.82, 2.24) is 0 Å². The molecule has 6 heteroatoms. The van der Waals surface area contributed by atoms with Crippen LogP contribution in [0.25, 0.3) is 0 Å². The topological polar surface area (TPSA) is 78.9 Å². The third-order valence-electron chi connectivity index (χ3n) is 9.94. The van der Waals surface area contributed by atoms with Gasteiger partial charge in [0, 0.05) is 19.3 Å². The fraction of sp³-hybridized carbons (Fsp3) is 0.712. The zero-order valence-electron chi connectivity index (χ0n) is 37.8. The standard InChI is InChI=1S/C52H88O6/c1-4-7-10-13-16-19-21-23-24-25-26-27-28-29-31-33-36-39-42-45-51(54)57-48-49(47-56-50(53)44-41-38-35-32-18-15-12-9-6-3)58-52(55)46-43-40-37-34-30-22-20-17-14-11-8-5-2/h8,11,16-17,19-21,23,30,32,34-35,49H,4-7,9-10,12-15,18,22,24-29,31,33,36-48H2,1-3H3/b11-8-,19-16-,20-17-,23-21-,34-30-,35-32-. The molecule has 0 rings (SSSR count). The maximum absolute atomic E-state index is 12.7. The maximum atomic E-state index is 12.7. The van der Waals surface area contributed by atoms with E-state index in [9.17, 15) is 14.4 Å². The summed E-state index contributed by atoms with van der Waals surface area (Å²) in [4.78, 5) is 37.7. The third-order valence-corrected chi connectivity index (χ3v) is 9.94. The molecule has 0 radical (unpaired) electrons. The largest absolute Gasteiger partial charge is 0.462 e. The van der Waals surface area contributed by atoms with Gasteiger partial charge in [0.1, 0.15) is 13.2 Å². The Bertz CT molecular complexity index is 1110. The van der Waals surface area contributed by atoms with Crippen LogP contribution in [0.5, 0.6) is 0 Å². The first-order valence-corrected chi connectivity index (χ1v) is 24.0. The normalized spacial score (nSPS) is 12.7. The van der Waals surface area contributed by atoms with Crippen molar-refractivity contribution in [3.8, 4) is 0 Å². The molecule has 0 saturated heterocycles. The number of carbonyl (C=O) groups is 3. The lowest BCUT2D eigenvalue weighted by Gasteiger charge is -2.18. The van der Waals surface area contributed by atoms with Gasteiger partial charge in [-0.25, -0.2) is 0 Å². The monoisotopic (exact) mass is 809 g/mol. The van der Waals surface area contributed by atoms with E-state index in [4.69, 9.17) is 14.2 Å². The number of esters is 3. The van der Waals surface area contributed by atoms with Crippen molar-refractivity contribution in [2.24, 2.45) is 0 Å². The summed E-state index contributed by atoms with van der Waals surface area (Å²) < 4.78 is 16.6. The van der Waals surface area contributed by atoms with E-state index in [0.29, 0.717) is 25.7 Å². The summed E-state index contributed by atoms with van der Waals surface area (Å²) in [6.07, 6.45) is 57.6. The van der Waals surface area contributed by atoms with Gasteiger partial charge < -0.3 is 14.2 Å². The van der Waals surface area contributed by atoms with Crippen LogP contribution < -0.4 is 0 Å². The van der Waals surface area contributed by atoms with Crippen LogP contribution >= 0.6 is 0 Å². The van der Waals surface area contributed by atoms with Crippen molar-refractivity contribution in [2.45, 2.75) is 226 Å². The second-order valence-electron chi connectivity index (χ2n) is 15.7. The van der Waals surface area contributed by atoms with E-state index in [1.165, 1.54) is 103 Å². The summed E-state index contributed by atoms with van der Waals surface area (Å²) in [6.45, 7) is 6.38. The van der Waals surface area contributed by atoms with Crippen LogP contribution in [-0.4, -0.2) is 37.2 Å². The second kappa shape index (κ2) is 46.5. The van der Waals surface area contributed by atoms with Crippen molar-refractivity contribution < 1.29 is 28.6 Å². The van der Waals surface area contributed by atoms with Gasteiger partial charge in [-0.1, -0.05) is 177 Å². The van der Waals surface area contributed by atoms with Crippen LogP contribution in [0.4, 0.5) is 0 Å². The van der Waals surface area contributed by atoms with Crippen LogP contribution in [0.2, 0.25) is 0 Å². The number of hydrogen-bond acceptors (Lipinski definition) is 6. The number of rotatable bonds is 42. The van der Waals surface area contributed by atoms with Gasteiger partial charge in [-0.05, 0) is 96.3 Å². The summed E-state index contributed by atoms with van der Waals surface area (Å²) >= 11 is 0. The minimum absolute atomic E-state index is 0.102. The molecule has 0 aromatic rings. The smallest absolute Gasteiger partial charge is 0.306 e. The van der Waals surface area contributed by atoms with E-state index in [2.05, 4.69) is 93.7 Å².